The fourth-order valence-electron chi connectivity index (χ4n) is 1.25. The van der Waals surface area contributed by atoms with Crippen LogP contribution in [0.2, 0.25) is 5.02 Å². The Morgan fingerprint density at radius 2 is 1.73 bits per heavy atom. The molecule has 60 valence electrons. The van der Waals surface area contributed by atoms with Gasteiger partial charge in [0.25, 0.3) is 0 Å². The maximum absolute atomic E-state index is 6.07. The molecule has 1 aromatic carbocycles. The molecule has 0 saturated carbocycles. The van der Waals surface area contributed by atoms with E-state index in [1.165, 1.54) is 21.9 Å². The van der Waals surface area contributed by atoms with E-state index in [-0.39, 0.29) is 0 Å². The minimum atomic E-state index is 0.933. The number of hydrogen-bond acceptors (Lipinski definition) is 0. The molecule has 0 bridgehead atoms. The maximum atomic E-state index is 6.07. The quantitative estimate of drug-likeness (QED) is 0.533. The summed E-state index contributed by atoms with van der Waals surface area (Å²) in [5.41, 5.74) is 3.82. The third-order valence-corrected chi connectivity index (χ3v) is 3.88. The summed E-state index contributed by atoms with van der Waals surface area (Å²) in [5.74, 6) is 0. The lowest BCUT2D eigenvalue weighted by molar-refractivity contribution is 1.32. The van der Waals surface area contributed by atoms with Gasteiger partial charge < -0.3 is 0 Å². The van der Waals surface area contributed by atoms with Crippen LogP contribution in [-0.2, 0) is 0 Å². The average Bonchev–Trinajstić information content (AvgIpc) is 1.97. The first-order chi connectivity index (χ1) is 5.04. The van der Waals surface area contributed by atoms with Gasteiger partial charge in [-0.3, -0.25) is 0 Å². The van der Waals surface area contributed by atoms with Crippen LogP contribution in [0.25, 0.3) is 0 Å². The molecule has 0 spiro atoms. The fourth-order valence-corrected chi connectivity index (χ4v) is 2.26. The van der Waals surface area contributed by atoms with Gasteiger partial charge in [-0.25, -0.2) is 0 Å². The predicted octanol–water partition coefficient (Wildman–Crippen LogP) is 1.26. The van der Waals surface area contributed by atoms with E-state index in [4.69, 9.17) is 11.6 Å². The highest BCUT2D eigenvalue weighted by atomic mass is 35.5. The van der Waals surface area contributed by atoms with Gasteiger partial charge in [0.1, 0.15) is 0 Å². The summed E-state index contributed by atoms with van der Waals surface area (Å²) in [5, 5.41) is 2.39. The Kier molecular flexibility index (Phi) is 2.40. The van der Waals surface area contributed by atoms with Crippen molar-refractivity contribution in [2.45, 2.75) is 20.8 Å². The molecular weight excluding hydrogens is 172 g/mol. The van der Waals surface area contributed by atoms with E-state index in [2.05, 4.69) is 26.8 Å². The Morgan fingerprint density at radius 1 is 1.18 bits per heavy atom. The van der Waals surface area contributed by atoms with E-state index in [9.17, 15) is 0 Å². The topological polar surface area (TPSA) is 0 Å². The van der Waals surface area contributed by atoms with Crippen LogP contribution in [0.3, 0.4) is 0 Å². The largest absolute Gasteiger partial charge is 0.0838 e. The summed E-state index contributed by atoms with van der Waals surface area (Å²) in [6, 6.07) is 2.19. The van der Waals surface area contributed by atoms with Crippen LogP contribution in [0, 0.1) is 20.8 Å². The zero-order chi connectivity index (χ0) is 8.59. The van der Waals surface area contributed by atoms with E-state index in [0.717, 1.165) is 15.3 Å². The van der Waals surface area contributed by atoms with Crippen LogP contribution in [0.5, 0.6) is 0 Å². The van der Waals surface area contributed by atoms with Crippen molar-refractivity contribution in [2.24, 2.45) is 0 Å². The second-order valence-electron chi connectivity index (χ2n) is 3.07. The Labute approximate surface area is 76.0 Å². The monoisotopic (exact) mass is 184 g/mol. The van der Waals surface area contributed by atoms with Crippen molar-refractivity contribution in [2.75, 3.05) is 0 Å². The molecule has 0 aliphatic carbocycles. The van der Waals surface area contributed by atoms with Gasteiger partial charge in [0.05, 0.1) is 0 Å². The van der Waals surface area contributed by atoms with Gasteiger partial charge in [0.15, 0.2) is 0 Å². The molecule has 0 aromatic heterocycles. The standard InChI is InChI=1S/C9H13ClSi/c1-5-4-8(11)6(2)7(3)9(5)10/h4H,1-3,11H3. The van der Waals surface area contributed by atoms with E-state index < -0.39 is 0 Å². The molecule has 0 atom stereocenters. The summed E-state index contributed by atoms with van der Waals surface area (Å²) >= 11 is 6.07. The second kappa shape index (κ2) is 3.00. The number of aryl methyl sites for hydroxylation is 1. The molecule has 0 aliphatic rings. The minimum absolute atomic E-state index is 0.933. The van der Waals surface area contributed by atoms with Crippen molar-refractivity contribution in [3.05, 3.63) is 27.8 Å². The lowest BCUT2D eigenvalue weighted by atomic mass is 10.1. The van der Waals surface area contributed by atoms with Crippen LogP contribution in [-0.4, -0.2) is 10.2 Å². The summed E-state index contributed by atoms with van der Waals surface area (Å²) in [7, 11) is 1.11. The summed E-state index contributed by atoms with van der Waals surface area (Å²) in [4.78, 5) is 0. The molecule has 1 rings (SSSR count). The van der Waals surface area contributed by atoms with Crippen LogP contribution in [0.4, 0.5) is 0 Å². The van der Waals surface area contributed by atoms with Gasteiger partial charge in [-0.15, -0.1) is 0 Å². The van der Waals surface area contributed by atoms with E-state index in [1.54, 1.807) is 0 Å². The summed E-state index contributed by atoms with van der Waals surface area (Å²) in [6.07, 6.45) is 0. The fraction of sp³-hybridized carbons (Fsp3) is 0.333. The second-order valence-corrected chi connectivity index (χ2v) is 4.53. The highest BCUT2D eigenvalue weighted by molar-refractivity contribution is 6.36. The first-order valence-corrected chi connectivity index (χ1v) is 5.14. The molecule has 0 radical (unpaired) electrons. The first-order valence-electron chi connectivity index (χ1n) is 3.77. The first kappa shape index (κ1) is 8.82. The third kappa shape index (κ3) is 1.49. The molecule has 1 aromatic rings. The van der Waals surface area contributed by atoms with Crippen molar-refractivity contribution in [1.82, 2.24) is 0 Å². The predicted molar refractivity (Wildman–Crippen MR) is 55.2 cm³/mol. The lowest BCUT2D eigenvalue weighted by Gasteiger charge is -2.09. The molecule has 0 nitrogen and oxygen atoms in total. The number of hydrogen-bond donors (Lipinski definition) is 0. The summed E-state index contributed by atoms with van der Waals surface area (Å²) < 4.78 is 0. The normalized spacial score (nSPS) is 10.5. The lowest BCUT2D eigenvalue weighted by Crippen LogP contribution is -2.10. The molecule has 0 unspecified atom stereocenters. The molecule has 0 N–H and O–H groups in total. The molecular formula is C9H13ClSi. The third-order valence-electron chi connectivity index (χ3n) is 2.26. The summed E-state index contributed by atoms with van der Waals surface area (Å²) in [6.45, 7) is 6.30. The number of halogens is 1. The Hall–Kier alpha value is -0.273. The minimum Gasteiger partial charge on any atom is -0.0838 e. The Balaban J connectivity index is 3.46. The van der Waals surface area contributed by atoms with Crippen LogP contribution in [0.15, 0.2) is 6.07 Å². The molecule has 0 fully saturated rings. The zero-order valence-electron chi connectivity index (χ0n) is 7.46. The molecule has 0 aliphatic heterocycles. The molecule has 2 heteroatoms. The van der Waals surface area contributed by atoms with E-state index in [0.29, 0.717) is 0 Å². The molecule has 11 heavy (non-hydrogen) atoms. The Morgan fingerprint density at radius 3 is 2.27 bits per heavy atom. The number of benzene rings is 1. The van der Waals surface area contributed by atoms with Crippen LogP contribution >= 0.6 is 11.6 Å². The maximum Gasteiger partial charge on any atom is 0.0466 e. The van der Waals surface area contributed by atoms with Gasteiger partial charge in [0, 0.05) is 15.3 Å². The van der Waals surface area contributed by atoms with Crippen molar-refractivity contribution >= 4 is 27.0 Å². The molecule has 0 amide bonds. The van der Waals surface area contributed by atoms with E-state index >= 15 is 0 Å². The number of rotatable bonds is 0. The van der Waals surface area contributed by atoms with Crippen molar-refractivity contribution in [1.29, 1.82) is 0 Å². The highest BCUT2D eigenvalue weighted by Crippen LogP contribution is 2.20. The van der Waals surface area contributed by atoms with Gasteiger partial charge in [-0.1, -0.05) is 22.9 Å². The van der Waals surface area contributed by atoms with E-state index in [1.807, 2.05) is 0 Å². The van der Waals surface area contributed by atoms with Gasteiger partial charge in [-0.2, -0.15) is 0 Å². The van der Waals surface area contributed by atoms with Crippen molar-refractivity contribution in [3.8, 4) is 0 Å². The smallest absolute Gasteiger partial charge is 0.0466 e. The average molecular weight is 185 g/mol. The van der Waals surface area contributed by atoms with Gasteiger partial charge in [0.2, 0.25) is 0 Å². The Bertz CT molecular complexity index is 266. The molecule has 0 saturated heterocycles. The van der Waals surface area contributed by atoms with Gasteiger partial charge >= 0.3 is 0 Å². The van der Waals surface area contributed by atoms with Crippen LogP contribution < -0.4 is 5.19 Å². The van der Waals surface area contributed by atoms with Crippen LogP contribution in [0.1, 0.15) is 16.7 Å². The zero-order valence-corrected chi connectivity index (χ0v) is 10.2. The SMILES string of the molecule is Cc1cc([SiH3])c(C)c(C)c1Cl. The van der Waals surface area contributed by atoms with Crippen molar-refractivity contribution in [3.63, 3.8) is 0 Å². The molecule has 0 heterocycles. The van der Waals surface area contributed by atoms with Gasteiger partial charge in [-0.05, 0) is 37.5 Å². The van der Waals surface area contributed by atoms with Crippen molar-refractivity contribution < 1.29 is 0 Å². The highest BCUT2D eigenvalue weighted by Gasteiger charge is 2.04.